The van der Waals surface area contributed by atoms with Crippen LogP contribution in [0.1, 0.15) is 24.5 Å². The number of benzene rings is 2. The molecule has 2 aromatic carbocycles. The van der Waals surface area contributed by atoms with Gasteiger partial charge in [0.1, 0.15) is 0 Å². The van der Waals surface area contributed by atoms with Crippen LogP contribution in [-0.4, -0.2) is 25.2 Å². The van der Waals surface area contributed by atoms with Crippen molar-refractivity contribution in [3.05, 3.63) is 53.6 Å². The van der Waals surface area contributed by atoms with Crippen LogP contribution in [0.5, 0.6) is 11.5 Å². The molecule has 0 unspecified atom stereocenters. The zero-order valence-corrected chi connectivity index (χ0v) is 15.0. The van der Waals surface area contributed by atoms with E-state index in [-0.39, 0.29) is 25.0 Å². The molecule has 1 aliphatic heterocycles. The summed E-state index contributed by atoms with van der Waals surface area (Å²) in [5, 5.41) is 2.89. The Morgan fingerprint density at radius 1 is 1.12 bits per heavy atom. The number of ether oxygens (including phenoxy) is 2. The van der Waals surface area contributed by atoms with Crippen LogP contribution >= 0.6 is 0 Å². The summed E-state index contributed by atoms with van der Waals surface area (Å²) in [5.41, 5.74) is 2.90. The number of carbonyl (C=O) groups is 2. The maximum absolute atomic E-state index is 12.2. The van der Waals surface area contributed by atoms with Crippen molar-refractivity contribution in [3.63, 3.8) is 0 Å². The van der Waals surface area contributed by atoms with Gasteiger partial charge in [0.2, 0.25) is 18.6 Å². The molecule has 0 saturated carbocycles. The van der Waals surface area contributed by atoms with Crippen LogP contribution in [0.2, 0.25) is 0 Å². The van der Waals surface area contributed by atoms with Crippen LogP contribution in [0.15, 0.2) is 42.5 Å². The Kier molecular flexibility index (Phi) is 5.41. The quantitative estimate of drug-likeness (QED) is 0.866. The van der Waals surface area contributed by atoms with E-state index in [2.05, 4.69) is 5.32 Å². The first kappa shape index (κ1) is 17.8. The number of hydrogen-bond acceptors (Lipinski definition) is 4. The van der Waals surface area contributed by atoms with Crippen LogP contribution in [-0.2, 0) is 16.1 Å². The number of carbonyl (C=O) groups excluding carboxylic acids is 2. The Balaban J connectivity index is 1.57. The first-order chi connectivity index (χ1) is 12.5. The van der Waals surface area contributed by atoms with Crippen LogP contribution < -0.4 is 19.7 Å². The Morgan fingerprint density at radius 2 is 1.92 bits per heavy atom. The summed E-state index contributed by atoms with van der Waals surface area (Å²) >= 11 is 0. The summed E-state index contributed by atoms with van der Waals surface area (Å²) in [5.74, 6) is 1.04. The number of anilines is 1. The topological polar surface area (TPSA) is 67.9 Å². The molecule has 0 spiro atoms. The van der Waals surface area contributed by atoms with Gasteiger partial charge in [-0.15, -0.1) is 0 Å². The van der Waals surface area contributed by atoms with Crippen molar-refractivity contribution >= 4 is 17.5 Å². The fourth-order valence-electron chi connectivity index (χ4n) is 2.85. The molecular weight excluding hydrogens is 332 g/mol. The Bertz CT molecular complexity index is 819. The lowest BCUT2D eigenvalue weighted by atomic mass is 10.1. The highest BCUT2D eigenvalue weighted by molar-refractivity contribution is 5.92. The molecule has 3 rings (SSSR count). The van der Waals surface area contributed by atoms with Crippen molar-refractivity contribution in [2.45, 2.75) is 26.8 Å². The van der Waals surface area contributed by atoms with E-state index in [1.165, 1.54) is 6.92 Å². The number of rotatable bonds is 6. The molecule has 1 heterocycles. The van der Waals surface area contributed by atoms with E-state index >= 15 is 0 Å². The molecule has 1 N–H and O–H groups in total. The highest BCUT2D eigenvalue weighted by Gasteiger charge is 2.18. The van der Waals surface area contributed by atoms with Crippen LogP contribution in [0, 0.1) is 6.92 Å². The van der Waals surface area contributed by atoms with E-state index in [9.17, 15) is 9.59 Å². The van der Waals surface area contributed by atoms with Gasteiger partial charge in [-0.05, 0) is 24.6 Å². The third-order valence-corrected chi connectivity index (χ3v) is 4.18. The van der Waals surface area contributed by atoms with E-state index in [0.29, 0.717) is 30.3 Å². The highest BCUT2D eigenvalue weighted by Crippen LogP contribution is 2.35. The van der Waals surface area contributed by atoms with Gasteiger partial charge in [-0.2, -0.15) is 0 Å². The first-order valence-corrected chi connectivity index (χ1v) is 8.53. The number of aryl methyl sites for hydroxylation is 1. The fourth-order valence-corrected chi connectivity index (χ4v) is 2.85. The minimum atomic E-state index is -0.129. The van der Waals surface area contributed by atoms with Gasteiger partial charge < -0.3 is 19.7 Å². The maximum Gasteiger partial charge on any atom is 0.231 e. The van der Waals surface area contributed by atoms with E-state index in [1.54, 1.807) is 23.1 Å². The Hall–Kier alpha value is -3.02. The molecule has 0 atom stereocenters. The van der Waals surface area contributed by atoms with Crippen molar-refractivity contribution < 1.29 is 19.1 Å². The molecule has 2 amide bonds. The normalized spacial score (nSPS) is 11.9. The molecule has 6 heteroatoms. The Labute approximate surface area is 152 Å². The lowest BCUT2D eigenvalue weighted by molar-refractivity contribution is -0.121. The summed E-state index contributed by atoms with van der Waals surface area (Å²) < 4.78 is 10.6. The van der Waals surface area contributed by atoms with Crippen molar-refractivity contribution in [3.8, 4) is 11.5 Å². The van der Waals surface area contributed by atoms with Crippen LogP contribution in [0.25, 0.3) is 0 Å². The van der Waals surface area contributed by atoms with Crippen molar-refractivity contribution in [2.24, 2.45) is 0 Å². The van der Waals surface area contributed by atoms with E-state index < -0.39 is 0 Å². The number of nitrogens with one attached hydrogen (secondary N) is 1. The molecule has 1 aliphatic rings. The van der Waals surface area contributed by atoms with E-state index in [4.69, 9.17) is 9.47 Å². The van der Waals surface area contributed by atoms with E-state index in [0.717, 1.165) is 11.1 Å². The monoisotopic (exact) mass is 354 g/mol. The molecule has 2 aromatic rings. The van der Waals surface area contributed by atoms with Crippen molar-refractivity contribution in [1.82, 2.24) is 5.32 Å². The smallest absolute Gasteiger partial charge is 0.231 e. The van der Waals surface area contributed by atoms with Crippen molar-refractivity contribution in [2.75, 3.05) is 18.2 Å². The molecule has 0 aliphatic carbocycles. The Morgan fingerprint density at radius 3 is 2.69 bits per heavy atom. The third kappa shape index (κ3) is 4.33. The summed E-state index contributed by atoms with van der Waals surface area (Å²) in [6.07, 6.45) is 0.222. The van der Waals surface area contributed by atoms with Gasteiger partial charge in [0, 0.05) is 38.2 Å². The summed E-state index contributed by atoms with van der Waals surface area (Å²) in [6, 6.07) is 13.3. The molecule has 0 radical (unpaired) electrons. The zero-order chi connectivity index (χ0) is 18.5. The van der Waals surface area contributed by atoms with Gasteiger partial charge in [0.05, 0.1) is 0 Å². The number of amides is 2. The molecule has 0 fully saturated rings. The average Bonchev–Trinajstić information content (AvgIpc) is 3.08. The summed E-state index contributed by atoms with van der Waals surface area (Å²) in [6.45, 7) is 4.45. The number of fused-ring (bicyclic) bond motifs is 1. The second-order valence-electron chi connectivity index (χ2n) is 6.22. The van der Waals surface area contributed by atoms with Gasteiger partial charge in [-0.25, -0.2) is 0 Å². The summed E-state index contributed by atoms with van der Waals surface area (Å²) in [7, 11) is 0. The molecule has 26 heavy (non-hydrogen) atoms. The first-order valence-electron chi connectivity index (χ1n) is 8.53. The highest BCUT2D eigenvalue weighted by atomic mass is 16.7. The maximum atomic E-state index is 12.2. The predicted molar refractivity (Wildman–Crippen MR) is 98.2 cm³/mol. The molecule has 0 aromatic heterocycles. The molecule has 0 saturated heterocycles. The minimum absolute atomic E-state index is 0.0986. The second-order valence-corrected chi connectivity index (χ2v) is 6.22. The second kappa shape index (κ2) is 7.91. The number of hydrogen-bond donors (Lipinski definition) is 1. The lowest BCUT2D eigenvalue weighted by Gasteiger charge is -2.21. The third-order valence-electron chi connectivity index (χ3n) is 4.18. The lowest BCUT2D eigenvalue weighted by Crippen LogP contribution is -2.33. The number of nitrogens with zero attached hydrogens (tertiary/aromatic N) is 1. The SMILES string of the molecule is CC(=O)N(CCC(=O)NCc1cccc(C)c1)c1ccc2c(c1)OCO2. The molecule has 6 nitrogen and oxygen atoms in total. The zero-order valence-electron chi connectivity index (χ0n) is 15.0. The van der Waals surface area contributed by atoms with Crippen LogP contribution in [0.3, 0.4) is 0 Å². The molecule has 0 bridgehead atoms. The van der Waals surface area contributed by atoms with Gasteiger partial charge in [-0.1, -0.05) is 29.8 Å². The minimum Gasteiger partial charge on any atom is -0.454 e. The average molecular weight is 354 g/mol. The predicted octanol–water partition coefficient (Wildman–Crippen LogP) is 2.78. The summed E-state index contributed by atoms with van der Waals surface area (Å²) in [4.78, 5) is 25.7. The molecular formula is C20H22N2O4. The van der Waals surface area contributed by atoms with E-state index in [1.807, 2.05) is 31.2 Å². The fraction of sp³-hybridized carbons (Fsp3) is 0.300. The molecule has 136 valence electrons. The standard InChI is InChI=1S/C20H22N2O4/c1-14-4-3-5-16(10-14)12-21-20(24)8-9-22(15(2)23)17-6-7-18-19(11-17)26-13-25-18/h3-7,10-11H,8-9,12-13H2,1-2H3,(H,21,24). The van der Waals surface area contributed by atoms with Crippen LogP contribution in [0.4, 0.5) is 5.69 Å². The van der Waals surface area contributed by atoms with Gasteiger partial charge >= 0.3 is 0 Å². The largest absolute Gasteiger partial charge is 0.454 e. The van der Waals surface area contributed by atoms with Gasteiger partial charge in [0.25, 0.3) is 0 Å². The van der Waals surface area contributed by atoms with Gasteiger partial charge in [-0.3, -0.25) is 9.59 Å². The van der Waals surface area contributed by atoms with Crippen molar-refractivity contribution in [1.29, 1.82) is 0 Å². The van der Waals surface area contributed by atoms with Gasteiger partial charge in [0.15, 0.2) is 11.5 Å².